The summed E-state index contributed by atoms with van der Waals surface area (Å²) in [6.07, 6.45) is 0. The molecule has 0 atom stereocenters. The number of benzene rings is 1. The van der Waals surface area contributed by atoms with E-state index in [1.807, 2.05) is 13.8 Å². The van der Waals surface area contributed by atoms with Crippen molar-refractivity contribution in [1.82, 2.24) is 4.98 Å². The molecule has 2 amide bonds. The predicted molar refractivity (Wildman–Crippen MR) is 88.4 cm³/mol. The van der Waals surface area contributed by atoms with Crippen LogP contribution in [0.2, 0.25) is 0 Å². The highest BCUT2D eigenvalue weighted by Gasteiger charge is 2.17. The second kappa shape index (κ2) is 7.10. The summed E-state index contributed by atoms with van der Waals surface area (Å²) >= 11 is 1.32. The topological polar surface area (TPSA) is 89.5 Å². The molecule has 122 valence electrons. The van der Waals surface area contributed by atoms with Crippen LogP contribution in [0.3, 0.4) is 0 Å². The van der Waals surface area contributed by atoms with Gasteiger partial charge in [0, 0.05) is 16.6 Å². The van der Waals surface area contributed by atoms with E-state index in [1.165, 1.54) is 25.6 Å². The highest BCUT2D eigenvalue weighted by molar-refractivity contribution is 7.15. The fourth-order valence-corrected chi connectivity index (χ4v) is 2.59. The molecule has 0 fully saturated rings. The fourth-order valence-electron chi connectivity index (χ4n) is 1.78. The number of carbonyl (C=O) groups is 2. The Bertz CT molecular complexity index is 723. The molecule has 1 heterocycles. The molecule has 0 saturated heterocycles. The molecule has 8 heteroatoms. The van der Waals surface area contributed by atoms with Crippen LogP contribution in [0, 0.1) is 13.8 Å². The lowest BCUT2D eigenvalue weighted by atomic mass is 10.2. The molecular formula is C15H17N3O4S. The normalized spacial score (nSPS) is 10.1. The summed E-state index contributed by atoms with van der Waals surface area (Å²) in [4.78, 5) is 29.0. The van der Waals surface area contributed by atoms with Crippen molar-refractivity contribution in [3.8, 4) is 11.5 Å². The summed E-state index contributed by atoms with van der Waals surface area (Å²) in [5.41, 5.74) is 1.25. The number of aromatic nitrogens is 1. The van der Waals surface area contributed by atoms with E-state index in [0.29, 0.717) is 22.3 Å². The van der Waals surface area contributed by atoms with Gasteiger partial charge >= 0.3 is 11.8 Å². The number of aryl methyl sites for hydroxylation is 2. The molecule has 2 aromatic rings. The summed E-state index contributed by atoms with van der Waals surface area (Å²) in [5, 5.41) is 5.37. The van der Waals surface area contributed by atoms with Gasteiger partial charge in [0.2, 0.25) is 0 Å². The van der Waals surface area contributed by atoms with Gasteiger partial charge in [-0.2, -0.15) is 0 Å². The van der Waals surface area contributed by atoms with E-state index in [2.05, 4.69) is 15.6 Å². The molecule has 2 rings (SSSR count). The fraction of sp³-hybridized carbons (Fsp3) is 0.267. The number of hydrogen-bond donors (Lipinski definition) is 2. The van der Waals surface area contributed by atoms with E-state index in [0.717, 1.165) is 10.6 Å². The molecule has 0 radical (unpaired) electrons. The van der Waals surface area contributed by atoms with E-state index in [4.69, 9.17) is 9.47 Å². The number of anilines is 2. The smallest absolute Gasteiger partial charge is 0.315 e. The molecule has 0 aliphatic carbocycles. The van der Waals surface area contributed by atoms with Gasteiger partial charge in [-0.1, -0.05) is 0 Å². The summed E-state index contributed by atoms with van der Waals surface area (Å²) in [5.74, 6) is -0.586. The third-order valence-corrected chi connectivity index (χ3v) is 4.08. The van der Waals surface area contributed by atoms with Crippen LogP contribution in [0.5, 0.6) is 11.5 Å². The third-order valence-electron chi connectivity index (χ3n) is 3.10. The number of rotatable bonds is 4. The first-order valence-corrected chi connectivity index (χ1v) is 7.54. The van der Waals surface area contributed by atoms with E-state index in [-0.39, 0.29) is 0 Å². The zero-order valence-electron chi connectivity index (χ0n) is 13.2. The second-order valence-electron chi connectivity index (χ2n) is 4.64. The Labute approximate surface area is 137 Å². The first kappa shape index (κ1) is 16.8. The molecular weight excluding hydrogens is 318 g/mol. The molecule has 23 heavy (non-hydrogen) atoms. The largest absolute Gasteiger partial charge is 0.493 e. The SMILES string of the molecule is COc1ccc(NC(=O)C(=O)Nc2nc(C)c(C)s2)cc1OC. The number of amides is 2. The maximum Gasteiger partial charge on any atom is 0.315 e. The van der Waals surface area contributed by atoms with Crippen LogP contribution < -0.4 is 20.1 Å². The zero-order chi connectivity index (χ0) is 17.0. The molecule has 0 saturated carbocycles. The average molecular weight is 335 g/mol. The monoisotopic (exact) mass is 335 g/mol. The Morgan fingerprint density at radius 2 is 1.70 bits per heavy atom. The first-order chi connectivity index (χ1) is 10.9. The minimum atomic E-state index is -0.789. The van der Waals surface area contributed by atoms with Gasteiger partial charge in [0.25, 0.3) is 0 Å². The molecule has 0 bridgehead atoms. The molecule has 1 aromatic heterocycles. The maximum absolute atomic E-state index is 11.9. The van der Waals surface area contributed by atoms with Crippen molar-refractivity contribution < 1.29 is 19.1 Å². The summed E-state index contributed by atoms with van der Waals surface area (Å²) in [7, 11) is 3.00. The lowest BCUT2D eigenvalue weighted by Gasteiger charge is -2.10. The molecule has 0 aliphatic heterocycles. The molecule has 1 aromatic carbocycles. The number of hydrogen-bond acceptors (Lipinski definition) is 6. The molecule has 0 aliphatic rings. The lowest BCUT2D eigenvalue weighted by Crippen LogP contribution is -2.29. The Balaban J connectivity index is 2.04. The van der Waals surface area contributed by atoms with Crippen molar-refractivity contribution >= 4 is 34.0 Å². The number of carbonyl (C=O) groups excluding carboxylic acids is 2. The van der Waals surface area contributed by atoms with Crippen molar-refractivity contribution in [3.05, 3.63) is 28.8 Å². The molecule has 0 spiro atoms. The van der Waals surface area contributed by atoms with Crippen LogP contribution in [0.25, 0.3) is 0 Å². The molecule has 2 N–H and O–H groups in total. The number of nitrogens with one attached hydrogen (secondary N) is 2. The van der Waals surface area contributed by atoms with Gasteiger partial charge in [0.05, 0.1) is 19.9 Å². The summed E-state index contributed by atoms with van der Waals surface area (Å²) in [6, 6.07) is 4.83. The van der Waals surface area contributed by atoms with Crippen LogP contribution in [0.15, 0.2) is 18.2 Å². The van der Waals surface area contributed by atoms with Gasteiger partial charge in [0.15, 0.2) is 16.6 Å². The minimum Gasteiger partial charge on any atom is -0.493 e. The number of thiazole rings is 1. The van der Waals surface area contributed by atoms with E-state index in [9.17, 15) is 9.59 Å². The van der Waals surface area contributed by atoms with Crippen LogP contribution in [-0.4, -0.2) is 31.0 Å². The predicted octanol–water partition coefficient (Wildman–Crippen LogP) is 2.35. The Kier molecular flexibility index (Phi) is 5.17. The number of nitrogens with zero attached hydrogens (tertiary/aromatic N) is 1. The number of ether oxygens (including phenoxy) is 2. The van der Waals surface area contributed by atoms with Crippen LogP contribution >= 0.6 is 11.3 Å². The van der Waals surface area contributed by atoms with Crippen LogP contribution in [0.1, 0.15) is 10.6 Å². The average Bonchev–Trinajstić information content (AvgIpc) is 2.84. The highest BCUT2D eigenvalue weighted by Crippen LogP contribution is 2.29. The quantitative estimate of drug-likeness (QED) is 0.837. The third kappa shape index (κ3) is 3.98. The maximum atomic E-state index is 11.9. The van der Waals surface area contributed by atoms with Crippen molar-refractivity contribution in [3.63, 3.8) is 0 Å². The minimum absolute atomic E-state index is 0.396. The van der Waals surface area contributed by atoms with Gasteiger partial charge in [-0.05, 0) is 26.0 Å². The lowest BCUT2D eigenvalue weighted by molar-refractivity contribution is -0.133. The van der Waals surface area contributed by atoms with Gasteiger partial charge in [-0.15, -0.1) is 11.3 Å². The van der Waals surface area contributed by atoms with Crippen molar-refractivity contribution in [1.29, 1.82) is 0 Å². The van der Waals surface area contributed by atoms with Gasteiger partial charge < -0.3 is 14.8 Å². The Morgan fingerprint density at radius 3 is 2.26 bits per heavy atom. The highest BCUT2D eigenvalue weighted by atomic mass is 32.1. The molecule has 7 nitrogen and oxygen atoms in total. The first-order valence-electron chi connectivity index (χ1n) is 6.73. The van der Waals surface area contributed by atoms with E-state index in [1.54, 1.807) is 18.2 Å². The van der Waals surface area contributed by atoms with E-state index < -0.39 is 11.8 Å². The summed E-state index contributed by atoms with van der Waals surface area (Å²) < 4.78 is 10.3. The van der Waals surface area contributed by atoms with Gasteiger partial charge in [-0.3, -0.25) is 14.9 Å². The zero-order valence-corrected chi connectivity index (χ0v) is 14.0. The van der Waals surface area contributed by atoms with Crippen LogP contribution in [-0.2, 0) is 9.59 Å². The van der Waals surface area contributed by atoms with Crippen molar-refractivity contribution in [2.24, 2.45) is 0 Å². The Hall–Kier alpha value is -2.61. The van der Waals surface area contributed by atoms with Crippen molar-refractivity contribution in [2.45, 2.75) is 13.8 Å². The standard InChI is InChI=1S/C15H17N3O4S/c1-8-9(2)23-15(16-8)18-14(20)13(19)17-10-5-6-11(21-3)12(7-10)22-4/h5-7H,1-4H3,(H,17,19)(H,16,18,20). The summed E-state index contributed by atoms with van der Waals surface area (Å²) in [6.45, 7) is 3.73. The van der Waals surface area contributed by atoms with Crippen LogP contribution in [0.4, 0.5) is 10.8 Å². The van der Waals surface area contributed by atoms with Gasteiger partial charge in [0.1, 0.15) is 0 Å². The van der Waals surface area contributed by atoms with Crippen molar-refractivity contribution in [2.75, 3.05) is 24.9 Å². The molecule has 0 unspecified atom stereocenters. The second-order valence-corrected chi connectivity index (χ2v) is 5.84. The van der Waals surface area contributed by atoms with E-state index >= 15 is 0 Å². The number of methoxy groups -OCH3 is 2. The Morgan fingerprint density at radius 1 is 1.04 bits per heavy atom. The van der Waals surface area contributed by atoms with Gasteiger partial charge in [-0.25, -0.2) is 4.98 Å².